The lowest BCUT2D eigenvalue weighted by Gasteiger charge is -2.23. The van der Waals surface area contributed by atoms with E-state index in [-0.39, 0.29) is 12.6 Å². The van der Waals surface area contributed by atoms with Crippen LogP contribution in [0.2, 0.25) is 0 Å². The van der Waals surface area contributed by atoms with Crippen molar-refractivity contribution in [1.82, 2.24) is 5.32 Å². The molecule has 2 rings (SSSR count). The van der Waals surface area contributed by atoms with Gasteiger partial charge < -0.3 is 24.6 Å². The van der Waals surface area contributed by atoms with Gasteiger partial charge in [-0.1, -0.05) is 42.5 Å². The van der Waals surface area contributed by atoms with Gasteiger partial charge in [0.05, 0.1) is 12.6 Å². The highest BCUT2D eigenvalue weighted by Gasteiger charge is 2.19. The van der Waals surface area contributed by atoms with E-state index in [0.29, 0.717) is 13.2 Å². The third-order valence-corrected chi connectivity index (χ3v) is 3.86. The van der Waals surface area contributed by atoms with Gasteiger partial charge in [-0.15, -0.1) is 0 Å². The Labute approximate surface area is 174 Å². The molecule has 2 N–H and O–H groups in total. The van der Waals surface area contributed by atoms with Crippen molar-refractivity contribution in [2.75, 3.05) is 26.6 Å². The minimum absolute atomic E-state index is 0.136. The molecule has 1 atom stereocenters. The van der Waals surface area contributed by atoms with E-state index in [1.165, 1.54) is 0 Å². The molecule has 0 aliphatic heterocycles. The predicted molar refractivity (Wildman–Crippen MR) is 116 cm³/mol. The number of carbonyl (C=O) groups is 1. The Kier molecular flexibility index (Phi) is 11.3. The van der Waals surface area contributed by atoms with Crippen LogP contribution in [0.1, 0.15) is 40.2 Å². The first-order chi connectivity index (χ1) is 13.8. The van der Waals surface area contributed by atoms with Crippen LogP contribution in [0.25, 0.3) is 10.8 Å². The first-order valence-electron chi connectivity index (χ1n) is 10.0. The summed E-state index contributed by atoms with van der Waals surface area (Å²) in [6, 6.07) is 13.8. The predicted octanol–water partition coefficient (Wildman–Crippen LogP) is 4.28. The Hall–Kier alpha value is -2.15. The zero-order valence-electron chi connectivity index (χ0n) is 18.2. The molecule has 2 aromatic rings. The molecule has 0 heterocycles. The van der Waals surface area contributed by atoms with Gasteiger partial charge in [0.1, 0.15) is 12.4 Å². The van der Waals surface area contributed by atoms with Crippen LogP contribution >= 0.6 is 0 Å². The lowest BCUT2D eigenvalue weighted by atomic mass is 9.99. The second-order valence-corrected chi connectivity index (χ2v) is 7.47. The molecular formula is C23H35NO5. The standard InChI is InChI=1S/C18H23NO3.C5H12O2/c1-18(2,3)22-17(21)19-15(12-20)11-14-9-6-8-13-7-4-5-10-16(13)14;1-3-6-5-7-4-2/h4-10,15,20H,11-12H2,1-3H3,(H,19,21);3-5H2,1-2H3. The lowest BCUT2D eigenvalue weighted by Crippen LogP contribution is -2.42. The van der Waals surface area contributed by atoms with E-state index in [1.807, 2.05) is 77.1 Å². The molecule has 29 heavy (non-hydrogen) atoms. The summed E-state index contributed by atoms with van der Waals surface area (Å²) in [5.41, 5.74) is 0.539. The molecule has 1 unspecified atom stereocenters. The number of benzene rings is 2. The quantitative estimate of drug-likeness (QED) is 0.506. The average molecular weight is 406 g/mol. The van der Waals surface area contributed by atoms with Gasteiger partial charge in [-0.25, -0.2) is 4.79 Å². The van der Waals surface area contributed by atoms with Crippen molar-refractivity contribution in [3.63, 3.8) is 0 Å². The van der Waals surface area contributed by atoms with Crippen LogP contribution in [0.15, 0.2) is 42.5 Å². The van der Waals surface area contributed by atoms with Crippen LogP contribution in [-0.2, 0) is 20.6 Å². The van der Waals surface area contributed by atoms with Gasteiger partial charge in [0, 0.05) is 13.2 Å². The smallest absolute Gasteiger partial charge is 0.407 e. The fourth-order valence-electron chi connectivity index (χ4n) is 2.60. The number of amides is 1. The number of hydrogen-bond acceptors (Lipinski definition) is 5. The number of aliphatic hydroxyl groups is 1. The Morgan fingerprint density at radius 2 is 1.66 bits per heavy atom. The Morgan fingerprint density at radius 3 is 2.24 bits per heavy atom. The molecule has 0 bridgehead atoms. The monoisotopic (exact) mass is 405 g/mol. The summed E-state index contributed by atoms with van der Waals surface area (Å²) in [6.07, 6.45) is 0.0451. The Morgan fingerprint density at radius 1 is 1.03 bits per heavy atom. The maximum atomic E-state index is 11.8. The second kappa shape index (κ2) is 13.1. The van der Waals surface area contributed by atoms with E-state index < -0.39 is 11.7 Å². The summed E-state index contributed by atoms with van der Waals surface area (Å²) >= 11 is 0. The molecule has 0 aromatic heterocycles. The van der Waals surface area contributed by atoms with Gasteiger partial charge >= 0.3 is 6.09 Å². The maximum Gasteiger partial charge on any atom is 0.407 e. The van der Waals surface area contributed by atoms with Gasteiger partial charge in [-0.2, -0.15) is 0 Å². The SMILES string of the molecule is CC(C)(C)OC(=O)NC(CO)Cc1cccc2ccccc12.CCOCOCC. The highest BCUT2D eigenvalue weighted by Crippen LogP contribution is 2.20. The number of ether oxygens (including phenoxy) is 3. The molecule has 1 amide bonds. The Balaban J connectivity index is 0.000000516. The molecule has 0 aliphatic carbocycles. The molecule has 0 radical (unpaired) electrons. The number of hydrogen-bond donors (Lipinski definition) is 2. The number of rotatable bonds is 8. The summed E-state index contributed by atoms with van der Waals surface area (Å²) in [5.74, 6) is 0. The third kappa shape index (κ3) is 10.3. The minimum Gasteiger partial charge on any atom is -0.444 e. The molecule has 6 nitrogen and oxygen atoms in total. The number of carbonyl (C=O) groups excluding carboxylic acids is 1. The second-order valence-electron chi connectivity index (χ2n) is 7.47. The van der Waals surface area contributed by atoms with Crippen LogP contribution in [-0.4, -0.2) is 49.5 Å². The molecule has 0 spiro atoms. The first-order valence-corrected chi connectivity index (χ1v) is 10.0. The number of fused-ring (bicyclic) bond motifs is 1. The van der Waals surface area contributed by atoms with Gasteiger partial charge in [0.15, 0.2) is 0 Å². The van der Waals surface area contributed by atoms with Gasteiger partial charge in [-0.3, -0.25) is 0 Å². The van der Waals surface area contributed by atoms with Crippen molar-refractivity contribution in [3.05, 3.63) is 48.0 Å². The van der Waals surface area contributed by atoms with Crippen molar-refractivity contribution < 1.29 is 24.1 Å². The van der Waals surface area contributed by atoms with Crippen molar-refractivity contribution >= 4 is 16.9 Å². The van der Waals surface area contributed by atoms with Crippen molar-refractivity contribution in [2.24, 2.45) is 0 Å². The number of alkyl carbamates (subject to hydrolysis) is 1. The van der Waals surface area contributed by atoms with Gasteiger partial charge in [-0.05, 0) is 57.4 Å². The average Bonchev–Trinajstić information content (AvgIpc) is 2.67. The van der Waals surface area contributed by atoms with E-state index in [9.17, 15) is 9.90 Å². The Bertz CT molecular complexity index is 717. The zero-order valence-corrected chi connectivity index (χ0v) is 18.2. The van der Waals surface area contributed by atoms with Crippen molar-refractivity contribution in [2.45, 2.75) is 52.7 Å². The molecule has 6 heteroatoms. The summed E-state index contributed by atoms with van der Waals surface area (Å²) < 4.78 is 14.9. The largest absolute Gasteiger partial charge is 0.444 e. The van der Waals surface area contributed by atoms with Crippen LogP contribution in [0.5, 0.6) is 0 Å². The van der Waals surface area contributed by atoms with Crippen molar-refractivity contribution in [1.29, 1.82) is 0 Å². The van der Waals surface area contributed by atoms with Crippen molar-refractivity contribution in [3.8, 4) is 0 Å². The molecule has 0 aliphatic rings. The molecule has 0 saturated carbocycles. The molecule has 0 fully saturated rings. The fraction of sp³-hybridized carbons (Fsp3) is 0.522. The van der Waals surface area contributed by atoms with E-state index >= 15 is 0 Å². The topological polar surface area (TPSA) is 77.0 Å². The van der Waals surface area contributed by atoms with E-state index in [0.717, 1.165) is 29.5 Å². The van der Waals surface area contributed by atoms with E-state index in [2.05, 4.69) is 5.32 Å². The highest BCUT2D eigenvalue weighted by molar-refractivity contribution is 5.85. The first kappa shape index (κ1) is 24.9. The fourth-order valence-corrected chi connectivity index (χ4v) is 2.60. The molecule has 162 valence electrons. The zero-order chi connectivity index (χ0) is 21.7. The van der Waals surface area contributed by atoms with Crippen LogP contribution in [0, 0.1) is 0 Å². The molecule has 2 aromatic carbocycles. The summed E-state index contributed by atoms with van der Waals surface area (Å²) in [4.78, 5) is 11.8. The van der Waals surface area contributed by atoms with Crippen LogP contribution in [0.3, 0.4) is 0 Å². The van der Waals surface area contributed by atoms with Crippen LogP contribution in [0.4, 0.5) is 4.79 Å². The summed E-state index contributed by atoms with van der Waals surface area (Å²) in [5, 5.41) is 14.5. The highest BCUT2D eigenvalue weighted by atomic mass is 16.7. The maximum absolute atomic E-state index is 11.8. The molecule has 0 saturated heterocycles. The number of nitrogens with one attached hydrogen (secondary N) is 1. The lowest BCUT2D eigenvalue weighted by molar-refractivity contribution is -0.0445. The van der Waals surface area contributed by atoms with Gasteiger partial charge in [0.25, 0.3) is 0 Å². The normalized spacial score (nSPS) is 12.1. The molecular weight excluding hydrogens is 370 g/mol. The summed E-state index contributed by atoms with van der Waals surface area (Å²) in [7, 11) is 0. The third-order valence-electron chi connectivity index (χ3n) is 3.86. The number of aliphatic hydroxyl groups excluding tert-OH is 1. The van der Waals surface area contributed by atoms with E-state index in [1.54, 1.807) is 0 Å². The van der Waals surface area contributed by atoms with Crippen LogP contribution < -0.4 is 5.32 Å². The van der Waals surface area contributed by atoms with Gasteiger partial charge in [0.2, 0.25) is 0 Å². The summed E-state index contributed by atoms with van der Waals surface area (Å²) in [6.45, 7) is 11.1. The minimum atomic E-state index is -0.552. The van der Waals surface area contributed by atoms with E-state index in [4.69, 9.17) is 14.2 Å².